The molecule has 2 aliphatic heterocycles. The van der Waals surface area contributed by atoms with Crippen LogP contribution in [-0.4, -0.2) is 146 Å². The first-order valence-electron chi connectivity index (χ1n) is 19.4. The van der Waals surface area contributed by atoms with Crippen LogP contribution in [0.15, 0.2) is 79.1 Å². The van der Waals surface area contributed by atoms with Crippen LogP contribution in [0.1, 0.15) is 23.3 Å². The largest absolute Gasteiger partial charge is 0.507 e. The molecule has 2 saturated heterocycles. The van der Waals surface area contributed by atoms with Crippen LogP contribution in [0.4, 0.5) is 0 Å². The summed E-state index contributed by atoms with van der Waals surface area (Å²) in [6.07, 6.45) is -15.8. The molecule has 0 unspecified atom stereocenters. The highest BCUT2D eigenvalue weighted by Crippen LogP contribution is 2.46. The van der Waals surface area contributed by atoms with E-state index in [-0.39, 0.29) is 67.2 Å². The first-order chi connectivity index (χ1) is 30.8. The van der Waals surface area contributed by atoms with Gasteiger partial charge >= 0.3 is 0 Å². The molecule has 22 heteroatoms. The number of fused-ring (bicyclic) bond motifs is 2. The Hall–Kier alpha value is -6.70. The number of hydrogen-bond acceptors (Lipinski definition) is 22. The smallest absolute Gasteiger partial charge is 0.197 e. The van der Waals surface area contributed by atoms with E-state index in [0.29, 0.717) is 0 Å². The molecular formula is C43H42O22. The van der Waals surface area contributed by atoms with Gasteiger partial charge < -0.3 is 99.6 Å². The standard InChI is InChI=1S/C22H22O11.C21H20O11/c1-31-14-6-12(27)16-11(26)5-13(8-2-3-9(24)10(25)4-8)32-21(16)17(14)22-20(30)19(29)18(28)15(7-23)33-22;22-6-14-17(28)18(29)19(30)21(32-14)16-11(26)4-10(25)15-12(27)5-13(31-20(15)16)7-1-2-8(23)9(24)3-7/h2-6,15,18-20,22-25,27-30H,7H2,1H3;1-5,14,17-19,21-26,28-30H,6H2/t15-,18-,19+,20-,22+;14-,17-,18+,19-,21+/m11/s1. The summed E-state index contributed by atoms with van der Waals surface area (Å²) in [6, 6.07) is 11.4. The summed E-state index contributed by atoms with van der Waals surface area (Å²) in [6.45, 7) is -1.40. The van der Waals surface area contributed by atoms with Gasteiger partial charge in [0.05, 0.1) is 31.5 Å². The molecule has 22 nitrogen and oxygen atoms in total. The van der Waals surface area contributed by atoms with Crippen LogP contribution in [0.3, 0.4) is 0 Å². The van der Waals surface area contributed by atoms with Crippen LogP contribution in [0, 0.1) is 0 Å². The molecule has 0 amide bonds. The van der Waals surface area contributed by atoms with E-state index in [4.69, 9.17) is 23.0 Å². The minimum Gasteiger partial charge on any atom is -0.507 e. The van der Waals surface area contributed by atoms with E-state index in [1.165, 1.54) is 25.3 Å². The molecule has 0 radical (unpaired) electrons. The fourth-order valence-corrected chi connectivity index (χ4v) is 7.66. The molecule has 0 bridgehead atoms. The maximum Gasteiger partial charge on any atom is 0.197 e. The highest BCUT2D eigenvalue weighted by Gasteiger charge is 2.47. The van der Waals surface area contributed by atoms with E-state index in [1.807, 2.05) is 0 Å². The monoisotopic (exact) mass is 910 g/mol. The van der Waals surface area contributed by atoms with Crippen molar-refractivity contribution < 1.29 is 99.6 Å². The molecule has 2 aromatic heterocycles. The third-order valence-corrected chi connectivity index (χ3v) is 11.1. The van der Waals surface area contributed by atoms with Crippen molar-refractivity contribution in [2.75, 3.05) is 20.3 Å². The highest BCUT2D eigenvalue weighted by atomic mass is 16.6. The molecule has 0 spiro atoms. The lowest BCUT2D eigenvalue weighted by Gasteiger charge is -2.40. The van der Waals surface area contributed by atoms with Gasteiger partial charge in [0.1, 0.15) is 106 Å². The first-order valence-corrected chi connectivity index (χ1v) is 19.4. The Morgan fingerprint density at radius 2 is 0.892 bits per heavy atom. The van der Waals surface area contributed by atoms with E-state index in [0.717, 1.165) is 42.5 Å². The summed E-state index contributed by atoms with van der Waals surface area (Å²) in [5.74, 6) is -3.72. The lowest BCUT2D eigenvalue weighted by Crippen LogP contribution is -2.55. The fourth-order valence-electron chi connectivity index (χ4n) is 7.66. The number of ether oxygens (including phenoxy) is 3. The quantitative estimate of drug-likeness (QED) is 0.0930. The van der Waals surface area contributed by atoms with E-state index in [2.05, 4.69) is 0 Å². The van der Waals surface area contributed by atoms with Gasteiger partial charge in [0, 0.05) is 35.4 Å². The number of aromatic hydroxyl groups is 7. The minimum absolute atomic E-state index is 0.0517. The van der Waals surface area contributed by atoms with Crippen LogP contribution in [0.2, 0.25) is 0 Å². The normalized spacial score (nSPS) is 25.6. The number of phenolic OH excluding ortho intramolecular Hbond substituents is 7. The maximum atomic E-state index is 12.9. The van der Waals surface area contributed by atoms with Crippen LogP contribution >= 0.6 is 0 Å². The molecule has 65 heavy (non-hydrogen) atoms. The zero-order valence-electron chi connectivity index (χ0n) is 33.5. The first kappa shape index (κ1) is 46.3. The summed E-state index contributed by atoms with van der Waals surface area (Å²) in [4.78, 5) is 25.7. The SMILES string of the molecule is COc1cc(O)c2c(=O)cc(-c3ccc(O)c(O)c3)oc2c1[C@@H]1O[C@H](CO)[C@@H](O)[C@H](O)[C@H]1O.O=c1cc(-c2ccc(O)c(O)c2)oc2c([C@@H]3O[C@H](CO)[C@@H](O)[C@H](O)[C@H]3O)c(O)cc(O)c12. The topological polar surface area (TPSA) is 392 Å². The Morgan fingerprint density at radius 1 is 0.477 bits per heavy atom. The molecule has 0 saturated carbocycles. The van der Waals surface area contributed by atoms with Gasteiger partial charge in [-0.15, -0.1) is 0 Å². The second-order valence-corrected chi connectivity index (χ2v) is 15.1. The van der Waals surface area contributed by atoms with Crippen LogP contribution in [0.25, 0.3) is 44.6 Å². The molecule has 2 fully saturated rings. The van der Waals surface area contributed by atoms with E-state index < -0.39 is 120 Å². The molecule has 346 valence electrons. The summed E-state index contributed by atoms with van der Waals surface area (Å²) in [7, 11) is 1.26. The van der Waals surface area contributed by atoms with E-state index >= 15 is 0 Å². The molecule has 15 N–H and O–H groups in total. The summed E-state index contributed by atoms with van der Waals surface area (Å²) < 4.78 is 28.0. The number of rotatable bonds is 7. The van der Waals surface area contributed by atoms with Gasteiger partial charge in [-0.25, -0.2) is 0 Å². The predicted octanol–water partition coefficient (Wildman–Crippen LogP) is -0.102. The second-order valence-electron chi connectivity index (χ2n) is 15.1. The van der Waals surface area contributed by atoms with Gasteiger partial charge in [0.25, 0.3) is 0 Å². The van der Waals surface area contributed by atoms with Gasteiger partial charge in [-0.1, -0.05) is 0 Å². The Kier molecular flexibility index (Phi) is 12.9. The molecule has 2 aliphatic rings. The Labute approximate surface area is 363 Å². The Bertz CT molecular complexity index is 2870. The van der Waals surface area contributed by atoms with Crippen molar-refractivity contribution in [1.82, 2.24) is 0 Å². The number of phenols is 7. The van der Waals surface area contributed by atoms with Gasteiger partial charge in [-0.2, -0.15) is 0 Å². The molecule has 4 aromatic carbocycles. The third-order valence-electron chi connectivity index (χ3n) is 11.1. The average molecular weight is 911 g/mol. The Balaban J connectivity index is 0.000000194. The summed E-state index contributed by atoms with van der Waals surface area (Å²) >= 11 is 0. The Morgan fingerprint density at radius 3 is 1.31 bits per heavy atom. The lowest BCUT2D eigenvalue weighted by molar-refractivity contribution is -0.231. The van der Waals surface area contributed by atoms with Crippen LogP contribution < -0.4 is 15.6 Å². The fraction of sp³-hybridized carbons (Fsp3) is 0.302. The van der Waals surface area contributed by atoms with Gasteiger partial charge in [0.15, 0.2) is 45.0 Å². The number of benzene rings is 4. The van der Waals surface area contributed by atoms with Gasteiger partial charge in [-0.05, 0) is 36.4 Å². The predicted molar refractivity (Wildman–Crippen MR) is 219 cm³/mol. The van der Waals surface area contributed by atoms with Crippen LogP contribution in [-0.2, 0) is 9.47 Å². The molecule has 6 aromatic rings. The molecule has 4 heterocycles. The van der Waals surface area contributed by atoms with Crippen molar-refractivity contribution >= 4 is 21.9 Å². The molecule has 10 atom stereocenters. The third kappa shape index (κ3) is 8.30. The van der Waals surface area contributed by atoms with Crippen molar-refractivity contribution in [2.24, 2.45) is 0 Å². The van der Waals surface area contributed by atoms with Crippen molar-refractivity contribution in [3.8, 4) is 68.6 Å². The summed E-state index contributed by atoms with van der Waals surface area (Å²) in [5.41, 5.74) is -2.02. The zero-order valence-corrected chi connectivity index (χ0v) is 33.5. The van der Waals surface area contributed by atoms with Crippen molar-refractivity contribution in [1.29, 1.82) is 0 Å². The van der Waals surface area contributed by atoms with Crippen LogP contribution in [0.5, 0.6) is 46.0 Å². The van der Waals surface area contributed by atoms with Gasteiger partial charge in [-0.3, -0.25) is 9.59 Å². The van der Waals surface area contributed by atoms with Gasteiger partial charge in [0.2, 0.25) is 0 Å². The average Bonchev–Trinajstić information content (AvgIpc) is 3.27. The number of methoxy groups -OCH3 is 1. The zero-order chi connectivity index (χ0) is 47.3. The molecule has 8 rings (SSSR count). The summed E-state index contributed by atoms with van der Waals surface area (Å²) in [5, 5.41) is 150. The van der Waals surface area contributed by atoms with Crippen molar-refractivity contribution in [2.45, 2.75) is 61.0 Å². The number of aliphatic hydroxyl groups excluding tert-OH is 8. The second kappa shape index (κ2) is 18.1. The highest BCUT2D eigenvalue weighted by molar-refractivity contribution is 5.91. The van der Waals surface area contributed by atoms with E-state index in [1.54, 1.807) is 0 Å². The van der Waals surface area contributed by atoms with E-state index in [9.17, 15) is 86.2 Å². The van der Waals surface area contributed by atoms with Crippen molar-refractivity contribution in [3.05, 3.63) is 92.2 Å². The molecular weight excluding hydrogens is 868 g/mol. The number of aliphatic hydroxyl groups is 8. The minimum atomic E-state index is -1.79. The lowest BCUT2D eigenvalue weighted by atomic mass is 9.89. The molecule has 0 aliphatic carbocycles. The number of hydrogen-bond donors (Lipinski definition) is 15. The maximum absolute atomic E-state index is 12.9. The van der Waals surface area contributed by atoms with Crippen molar-refractivity contribution in [3.63, 3.8) is 0 Å².